The Hall–Kier alpha value is -1.32. The van der Waals surface area contributed by atoms with Crippen LogP contribution in [0, 0.1) is 0 Å². The average molecular weight is 223 g/mol. The summed E-state index contributed by atoms with van der Waals surface area (Å²) in [5, 5.41) is 6.60. The number of H-pyrrole nitrogens is 1. The number of nitrogens with one attached hydrogen (secondary N) is 1. The van der Waals surface area contributed by atoms with Gasteiger partial charge in [0.15, 0.2) is 0 Å². The van der Waals surface area contributed by atoms with Gasteiger partial charge in [-0.2, -0.15) is 5.10 Å². The molecule has 0 aromatic carbocycles. The Morgan fingerprint density at radius 3 is 2.88 bits per heavy atom. The number of nitrogens with zero attached hydrogens (tertiary/aromatic N) is 2. The van der Waals surface area contributed by atoms with Crippen LogP contribution in [0.25, 0.3) is 0 Å². The highest BCUT2D eigenvalue weighted by atomic mass is 16.2. The average Bonchev–Trinajstić information content (AvgIpc) is 2.76. The second-order valence-corrected chi connectivity index (χ2v) is 4.17. The number of carbonyl (C=O) groups excluding carboxylic acids is 1. The summed E-state index contributed by atoms with van der Waals surface area (Å²) in [6.45, 7) is 2.82. The highest BCUT2D eigenvalue weighted by molar-refractivity contribution is 5.75. The second-order valence-electron chi connectivity index (χ2n) is 4.17. The fourth-order valence-corrected chi connectivity index (χ4v) is 1.62. The molecule has 0 bridgehead atoms. The third kappa shape index (κ3) is 4.47. The number of hydrogen-bond acceptors (Lipinski definition) is 2. The molecule has 0 saturated carbocycles. The van der Waals surface area contributed by atoms with E-state index < -0.39 is 0 Å². The Morgan fingerprint density at radius 1 is 1.44 bits per heavy atom. The van der Waals surface area contributed by atoms with E-state index >= 15 is 0 Å². The molecule has 90 valence electrons. The minimum Gasteiger partial charge on any atom is -0.341 e. The largest absolute Gasteiger partial charge is 0.341 e. The van der Waals surface area contributed by atoms with Crippen LogP contribution in [0.3, 0.4) is 0 Å². The quantitative estimate of drug-likeness (QED) is 0.721. The molecule has 0 aliphatic heterocycles. The molecule has 4 nitrogen and oxygen atoms in total. The van der Waals surface area contributed by atoms with Crippen molar-refractivity contribution in [2.75, 3.05) is 7.05 Å². The Morgan fingerprint density at radius 2 is 2.25 bits per heavy atom. The first kappa shape index (κ1) is 12.7. The van der Waals surface area contributed by atoms with E-state index in [-0.39, 0.29) is 5.91 Å². The molecule has 0 spiro atoms. The molecule has 16 heavy (non-hydrogen) atoms. The summed E-state index contributed by atoms with van der Waals surface area (Å²) in [5.74, 6) is 0.220. The van der Waals surface area contributed by atoms with E-state index in [9.17, 15) is 4.79 Å². The third-order valence-corrected chi connectivity index (χ3v) is 2.64. The zero-order valence-electron chi connectivity index (χ0n) is 10.2. The van der Waals surface area contributed by atoms with E-state index in [1.165, 1.54) is 12.8 Å². The third-order valence-electron chi connectivity index (χ3n) is 2.64. The van der Waals surface area contributed by atoms with Gasteiger partial charge in [-0.25, -0.2) is 0 Å². The van der Waals surface area contributed by atoms with Crippen molar-refractivity contribution >= 4 is 5.91 Å². The van der Waals surface area contributed by atoms with Gasteiger partial charge in [-0.05, 0) is 6.42 Å². The molecule has 1 heterocycles. The van der Waals surface area contributed by atoms with Crippen LogP contribution in [-0.2, 0) is 11.3 Å². The molecule has 0 radical (unpaired) electrons. The van der Waals surface area contributed by atoms with E-state index in [1.807, 2.05) is 13.2 Å². The van der Waals surface area contributed by atoms with Gasteiger partial charge in [-0.15, -0.1) is 0 Å². The van der Waals surface area contributed by atoms with Crippen molar-refractivity contribution < 1.29 is 4.79 Å². The van der Waals surface area contributed by atoms with Gasteiger partial charge in [-0.3, -0.25) is 9.89 Å². The molecule has 1 rings (SSSR count). The fourth-order valence-electron chi connectivity index (χ4n) is 1.62. The van der Waals surface area contributed by atoms with Crippen LogP contribution in [0.15, 0.2) is 12.4 Å². The molecule has 0 saturated heterocycles. The lowest BCUT2D eigenvalue weighted by molar-refractivity contribution is -0.130. The van der Waals surface area contributed by atoms with Gasteiger partial charge in [0.25, 0.3) is 0 Å². The molecule has 0 aliphatic carbocycles. The molecule has 0 aliphatic rings. The van der Waals surface area contributed by atoms with E-state index in [0.29, 0.717) is 13.0 Å². The second kappa shape index (κ2) is 7.04. The fraction of sp³-hybridized carbons (Fsp3) is 0.667. The van der Waals surface area contributed by atoms with Crippen molar-refractivity contribution in [3.8, 4) is 0 Å². The lowest BCUT2D eigenvalue weighted by atomic mass is 10.1. The summed E-state index contributed by atoms with van der Waals surface area (Å²) in [6.07, 6.45) is 8.82. The molecule has 0 atom stereocenters. The maximum absolute atomic E-state index is 11.7. The molecule has 4 heteroatoms. The zero-order valence-corrected chi connectivity index (χ0v) is 10.2. The van der Waals surface area contributed by atoms with E-state index in [2.05, 4.69) is 17.1 Å². The number of aromatic amines is 1. The van der Waals surface area contributed by atoms with Gasteiger partial charge < -0.3 is 4.90 Å². The van der Waals surface area contributed by atoms with Gasteiger partial charge in [0.2, 0.25) is 5.91 Å². The number of amides is 1. The summed E-state index contributed by atoms with van der Waals surface area (Å²) in [7, 11) is 1.84. The van der Waals surface area contributed by atoms with Crippen LogP contribution >= 0.6 is 0 Å². The highest BCUT2D eigenvalue weighted by Crippen LogP contribution is 2.06. The Balaban J connectivity index is 2.20. The van der Waals surface area contributed by atoms with Crippen molar-refractivity contribution in [1.29, 1.82) is 0 Å². The number of unbranched alkanes of at least 4 members (excludes halogenated alkanes) is 3. The van der Waals surface area contributed by atoms with Crippen molar-refractivity contribution in [2.24, 2.45) is 0 Å². The van der Waals surface area contributed by atoms with Crippen molar-refractivity contribution in [2.45, 2.75) is 45.6 Å². The van der Waals surface area contributed by atoms with Gasteiger partial charge in [-0.1, -0.05) is 26.2 Å². The molecule has 1 aromatic heterocycles. The van der Waals surface area contributed by atoms with Crippen LogP contribution in [0.4, 0.5) is 0 Å². The minimum absolute atomic E-state index is 0.220. The number of carbonyl (C=O) groups is 1. The molecular formula is C12H21N3O. The molecular weight excluding hydrogens is 202 g/mol. The Labute approximate surface area is 97.0 Å². The van der Waals surface area contributed by atoms with E-state index in [4.69, 9.17) is 0 Å². The van der Waals surface area contributed by atoms with Crippen LogP contribution in [0.2, 0.25) is 0 Å². The molecule has 0 unspecified atom stereocenters. The summed E-state index contributed by atoms with van der Waals surface area (Å²) < 4.78 is 0. The van der Waals surface area contributed by atoms with E-state index in [0.717, 1.165) is 18.4 Å². The first-order valence-corrected chi connectivity index (χ1v) is 5.95. The molecule has 1 N–H and O–H groups in total. The van der Waals surface area contributed by atoms with E-state index in [1.54, 1.807) is 11.1 Å². The summed E-state index contributed by atoms with van der Waals surface area (Å²) in [4.78, 5) is 13.5. The van der Waals surface area contributed by atoms with Gasteiger partial charge in [0, 0.05) is 31.8 Å². The monoisotopic (exact) mass is 223 g/mol. The topological polar surface area (TPSA) is 49.0 Å². The number of aromatic nitrogens is 2. The molecule has 1 amide bonds. The Kier molecular flexibility index (Phi) is 5.61. The lowest BCUT2D eigenvalue weighted by Crippen LogP contribution is -2.25. The predicted octanol–water partition coefficient (Wildman–Crippen LogP) is 2.34. The summed E-state index contributed by atoms with van der Waals surface area (Å²) >= 11 is 0. The van der Waals surface area contributed by atoms with Gasteiger partial charge in [0.05, 0.1) is 6.20 Å². The van der Waals surface area contributed by atoms with Gasteiger partial charge in [0.1, 0.15) is 0 Å². The normalized spacial score (nSPS) is 10.4. The zero-order chi connectivity index (χ0) is 11.8. The van der Waals surface area contributed by atoms with Crippen molar-refractivity contribution in [3.05, 3.63) is 18.0 Å². The Bertz CT molecular complexity index is 295. The maximum atomic E-state index is 11.7. The lowest BCUT2D eigenvalue weighted by Gasteiger charge is -2.15. The first-order valence-electron chi connectivity index (χ1n) is 5.95. The maximum Gasteiger partial charge on any atom is 0.222 e. The van der Waals surface area contributed by atoms with Crippen molar-refractivity contribution in [1.82, 2.24) is 15.1 Å². The van der Waals surface area contributed by atoms with Crippen LogP contribution in [0.5, 0.6) is 0 Å². The number of rotatable bonds is 7. The summed E-state index contributed by atoms with van der Waals surface area (Å²) in [5.41, 5.74) is 1.05. The standard InChI is InChI=1S/C12H21N3O/c1-3-4-5-6-7-12(16)15(2)10-11-8-13-14-9-11/h8-9H,3-7,10H2,1-2H3,(H,13,14). The smallest absolute Gasteiger partial charge is 0.222 e. The number of hydrogen-bond donors (Lipinski definition) is 1. The van der Waals surface area contributed by atoms with Crippen LogP contribution in [-0.4, -0.2) is 28.1 Å². The van der Waals surface area contributed by atoms with Crippen LogP contribution in [0.1, 0.15) is 44.6 Å². The minimum atomic E-state index is 0.220. The first-order chi connectivity index (χ1) is 7.74. The summed E-state index contributed by atoms with van der Waals surface area (Å²) in [6, 6.07) is 0. The molecule has 0 fully saturated rings. The molecule has 1 aromatic rings. The highest BCUT2D eigenvalue weighted by Gasteiger charge is 2.08. The predicted molar refractivity (Wildman–Crippen MR) is 63.8 cm³/mol. The van der Waals surface area contributed by atoms with Crippen LogP contribution < -0.4 is 0 Å². The SMILES string of the molecule is CCCCCCC(=O)N(C)Cc1cn[nH]c1. The van der Waals surface area contributed by atoms with Gasteiger partial charge >= 0.3 is 0 Å². The van der Waals surface area contributed by atoms with Crippen molar-refractivity contribution in [3.63, 3.8) is 0 Å².